The van der Waals surface area contributed by atoms with Crippen molar-refractivity contribution in [2.75, 3.05) is 0 Å². The average molecular weight is 253 g/mol. The normalized spacial score (nSPS) is 37.4. The van der Waals surface area contributed by atoms with E-state index in [1.165, 1.54) is 32.1 Å². The van der Waals surface area contributed by atoms with E-state index in [-0.39, 0.29) is 5.92 Å². The molecule has 2 atom stereocenters. The summed E-state index contributed by atoms with van der Waals surface area (Å²) in [4.78, 5) is 10.9. The fourth-order valence-electron chi connectivity index (χ4n) is 3.65. The van der Waals surface area contributed by atoms with Gasteiger partial charge in [-0.3, -0.25) is 4.79 Å². The highest BCUT2D eigenvalue weighted by Crippen LogP contribution is 2.29. The van der Waals surface area contributed by atoms with Crippen molar-refractivity contribution >= 4 is 5.97 Å². The van der Waals surface area contributed by atoms with E-state index in [4.69, 9.17) is 5.11 Å². The molecular weight excluding hydrogens is 226 g/mol. The van der Waals surface area contributed by atoms with Crippen LogP contribution < -0.4 is 5.32 Å². The van der Waals surface area contributed by atoms with Gasteiger partial charge in [0.05, 0.1) is 5.92 Å². The summed E-state index contributed by atoms with van der Waals surface area (Å²) in [6.07, 6.45) is 10.5. The molecule has 104 valence electrons. The summed E-state index contributed by atoms with van der Waals surface area (Å²) in [6.45, 7) is 2.30. The fourth-order valence-corrected chi connectivity index (χ4v) is 3.65. The first-order chi connectivity index (χ1) is 8.69. The van der Waals surface area contributed by atoms with Gasteiger partial charge in [-0.1, -0.05) is 26.2 Å². The number of carbonyl (C=O) groups is 1. The second kappa shape index (κ2) is 6.55. The lowest BCUT2D eigenvalue weighted by atomic mass is 9.82. The molecular formula is C15H27NO2. The summed E-state index contributed by atoms with van der Waals surface area (Å²) in [5, 5.41) is 12.8. The van der Waals surface area contributed by atoms with Crippen molar-refractivity contribution in [1.82, 2.24) is 5.32 Å². The van der Waals surface area contributed by atoms with Crippen LogP contribution in [0.2, 0.25) is 0 Å². The summed E-state index contributed by atoms with van der Waals surface area (Å²) < 4.78 is 0. The van der Waals surface area contributed by atoms with E-state index in [1.807, 2.05) is 0 Å². The van der Waals surface area contributed by atoms with Crippen LogP contribution in [-0.2, 0) is 4.79 Å². The predicted molar refractivity (Wildman–Crippen MR) is 72.6 cm³/mol. The van der Waals surface area contributed by atoms with Gasteiger partial charge in [0.25, 0.3) is 0 Å². The summed E-state index contributed by atoms with van der Waals surface area (Å²) in [7, 11) is 0. The molecule has 2 aliphatic carbocycles. The van der Waals surface area contributed by atoms with Crippen LogP contribution in [0.3, 0.4) is 0 Å². The van der Waals surface area contributed by atoms with E-state index in [9.17, 15) is 4.79 Å². The van der Waals surface area contributed by atoms with Crippen LogP contribution in [0.4, 0.5) is 0 Å². The number of hydrogen-bond acceptors (Lipinski definition) is 2. The molecule has 3 nitrogen and oxygen atoms in total. The Hall–Kier alpha value is -0.570. The Bertz CT molecular complexity index is 272. The number of rotatable bonds is 4. The van der Waals surface area contributed by atoms with Gasteiger partial charge in [0.1, 0.15) is 0 Å². The van der Waals surface area contributed by atoms with Gasteiger partial charge in [-0.25, -0.2) is 0 Å². The minimum absolute atomic E-state index is 0.0854. The Balaban J connectivity index is 1.72. The molecule has 0 saturated heterocycles. The van der Waals surface area contributed by atoms with E-state index in [1.54, 1.807) is 0 Å². The van der Waals surface area contributed by atoms with Crippen molar-refractivity contribution < 1.29 is 9.90 Å². The first kappa shape index (κ1) is 13.9. The Labute approximate surface area is 110 Å². The Morgan fingerprint density at radius 2 is 1.83 bits per heavy atom. The van der Waals surface area contributed by atoms with Gasteiger partial charge < -0.3 is 10.4 Å². The van der Waals surface area contributed by atoms with Gasteiger partial charge in [0.15, 0.2) is 0 Å². The topological polar surface area (TPSA) is 49.3 Å². The third-order valence-electron chi connectivity index (χ3n) is 4.91. The smallest absolute Gasteiger partial charge is 0.306 e. The van der Waals surface area contributed by atoms with Crippen LogP contribution in [0.1, 0.15) is 64.7 Å². The molecule has 2 fully saturated rings. The number of aliphatic carboxylic acids is 1. The first-order valence-corrected chi connectivity index (χ1v) is 7.68. The SMILES string of the molecule is CCC1CCCC(NC2CCC(C(=O)O)CC2)C1. The lowest BCUT2D eigenvalue weighted by molar-refractivity contribution is -0.142. The van der Waals surface area contributed by atoms with Crippen molar-refractivity contribution in [3.05, 3.63) is 0 Å². The summed E-state index contributed by atoms with van der Waals surface area (Å²) >= 11 is 0. The molecule has 0 aromatic rings. The molecule has 0 bridgehead atoms. The van der Waals surface area contributed by atoms with Crippen molar-refractivity contribution in [1.29, 1.82) is 0 Å². The molecule has 0 aromatic carbocycles. The van der Waals surface area contributed by atoms with Crippen LogP contribution in [0.5, 0.6) is 0 Å². The molecule has 2 rings (SSSR count). The maximum Gasteiger partial charge on any atom is 0.306 e. The van der Waals surface area contributed by atoms with Crippen LogP contribution in [-0.4, -0.2) is 23.2 Å². The molecule has 2 unspecified atom stereocenters. The van der Waals surface area contributed by atoms with Gasteiger partial charge in [0, 0.05) is 12.1 Å². The summed E-state index contributed by atoms with van der Waals surface area (Å²) in [6, 6.07) is 1.26. The lowest BCUT2D eigenvalue weighted by Crippen LogP contribution is -2.43. The van der Waals surface area contributed by atoms with E-state index < -0.39 is 5.97 Å². The van der Waals surface area contributed by atoms with E-state index >= 15 is 0 Å². The van der Waals surface area contributed by atoms with Crippen molar-refractivity contribution in [3.63, 3.8) is 0 Å². The van der Waals surface area contributed by atoms with Crippen LogP contribution in [0.15, 0.2) is 0 Å². The minimum atomic E-state index is -0.600. The molecule has 0 aromatic heterocycles. The zero-order valence-electron chi connectivity index (χ0n) is 11.5. The first-order valence-electron chi connectivity index (χ1n) is 7.68. The number of nitrogens with one attached hydrogen (secondary N) is 1. The van der Waals surface area contributed by atoms with E-state index in [0.29, 0.717) is 12.1 Å². The Kier molecular flexibility index (Phi) is 5.04. The van der Waals surface area contributed by atoms with Crippen LogP contribution in [0.25, 0.3) is 0 Å². The third-order valence-corrected chi connectivity index (χ3v) is 4.91. The van der Waals surface area contributed by atoms with Crippen molar-refractivity contribution in [3.8, 4) is 0 Å². The van der Waals surface area contributed by atoms with E-state index in [2.05, 4.69) is 12.2 Å². The molecule has 0 heterocycles. The zero-order chi connectivity index (χ0) is 13.0. The molecule has 0 amide bonds. The molecule has 18 heavy (non-hydrogen) atoms. The number of hydrogen-bond donors (Lipinski definition) is 2. The third kappa shape index (κ3) is 3.71. The second-order valence-electron chi connectivity index (χ2n) is 6.19. The maximum atomic E-state index is 10.9. The molecule has 0 spiro atoms. The highest BCUT2D eigenvalue weighted by atomic mass is 16.4. The minimum Gasteiger partial charge on any atom is -0.481 e. The summed E-state index contributed by atoms with van der Waals surface area (Å²) in [5.74, 6) is 0.224. The second-order valence-corrected chi connectivity index (χ2v) is 6.19. The monoisotopic (exact) mass is 253 g/mol. The quantitative estimate of drug-likeness (QED) is 0.809. The maximum absolute atomic E-state index is 10.9. The standard InChI is InChI=1S/C15H27NO2/c1-2-11-4-3-5-14(10-11)16-13-8-6-12(7-9-13)15(17)18/h11-14,16H,2-10H2,1H3,(H,17,18). The zero-order valence-corrected chi connectivity index (χ0v) is 11.5. The summed E-state index contributed by atoms with van der Waals surface area (Å²) in [5.41, 5.74) is 0. The molecule has 3 heteroatoms. The van der Waals surface area contributed by atoms with Gasteiger partial charge in [-0.15, -0.1) is 0 Å². The van der Waals surface area contributed by atoms with Crippen LogP contribution in [0, 0.1) is 11.8 Å². The largest absolute Gasteiger partial charge is 0.481 e. The number of carboxylic acid groups (broad SMARTS) is 1. The van der Waals surface area contributed by atoms with Crippen molar-refractivity contribution in [2.24, 2.45) is 11.8 Å². The molecule has 2 saturated carbocycles. The van der Waals surface area contributed by atoms with Crippen molar-refractivity contribution in [2.45, 2.75) is 76.8 Å². The fraction of sp³-hybridized carbons (Fsp3) is 0.933. The Morgan fingerprint density at radius 3 is 2.44 bits per heavy atom. The van der Waals surface area contributed by atoms with Gasteiger partial charge in [-0.2, -0.15) is 0 Å². The Morgan fingerprint density at radius 1 is 1.11 bits per heavy atom. The highest BCUT2D eigenvalue weighted by molar-refractivity contribution is 5.70. The number of carboxylic acids is 1. The highest BCUT2D eigenvalue weighted by Gasteiger charge is 2.28. The molecule has 2 N–H and O–H groups in total. The lowest BCUT2D eigenvalue weighted by Gasteiger charge is -2.35. The molecule has 0 aliphatic heterocycles. The molecule has 2 aliphatic rings. The molecule has 0 radical (unpaired) electrons. The van der Waals surface area contributed by atoms with Gasteiger partial charge in [-0.05, 0) is 44.4 Å². The van der Waals surface area contributed by atoms with Gasteiger partial charge in [0.2, 0.25) is 0 Å². The van der Waals surface area contributed by atoms with E-state index in [0.717, 1.165) is 31.6 Å². The van der Waals surface area contributed by atoms with Gasteiger partial charge >= 0.3 is 5.97 Å². The average Bonchev–Trinajstić information content (AvgIpc) is 2.39. The van der Waals surface area contributed by atoms with Crippen LogP contribution >= 0.6 is 0 Å². The predicted octanol–water partition coefficient (Wildman–Crippen LogP) is 3.19.